The van der Waals surface area contributed by atoms with E-state index >= 15 is 0 Å². The minimum absolute atomic E-state index is 0.0458. The van der Waals surface area contributed by atoms with Gasteiger partial charge in [-0.1, -0.05) is 23.7 Å². The molecule has 1 aliphatic heterocycles. The van der Waals surface area contributed by atoms with E-state index in [1.807, 2.05) is 24.3 Å². The Kier molecular flexibility index (Phi) is 2.47. The Morgan fingerprint density at radius 3 is 2.95 bits per heavy atom. The van der Waals surface area contributed by atoms with Gasteiger partial charge >= 0.3 is 0 Å². The van der Waals surface area contributed by atoms with Crippen LogP contribution < -0.4 is 0 Å². The van der Waals surface area contributed by atoms with Gasteiger partial charge in [-0.2, -0.15) is 0 Å². The van der Waals surface area contributed by atoms with Gasteiger partial charge in [0.2, 0.25) is 0 Å². The number of halogens is 1. The molecule has 0 saturated carbocycles. The Morgan fingerprint density at radius 1 is 1.21 bits per heavy atom. The van der Waals surface area contributed by atoms with Crippen molar-refractivity contribution in [2.24, 2.45) is 0 Å². The number of rotatable bonds is 1. The van der Waals surface area contributed by atoms with E-state index in [0.717, 1.165) is 35.9 Å². The SMILES string of the molecule is Clc1nc([C@@H]2CCCO2)nc2c1oc1ccccc12. The maximum Gasteiger partial charge on any atom is 0.191 e. The van der Waals surface area contributed by atoms with Crippen LogP contribution in [0.15, 0.2) is 28.7 Å². The zero-order valence-corrected chi connectivity index (χ0v) is 10.9. The number of ether oxygens (including phenoxy) is 1. The highest BCUT2D eigenvalue weighted by atomic mass is 35.5. The van der Waals surface area contributed by atoms with Gasteiger partial charge in [0.05, 0.1) is 0 Å². The molecule has 2 aromatic heterocycles. The maximum atomic E-state index is 6.21. The lowest BCUT2D eigenvalue weighted by Crippen LogP contribution is -2.02. The molecule has 0 aliphatic carbocycles. The van der Waals surface area contributed by atoms with Crippen LogP contribution in [0, 0.1) is 0 Å². The molecule has 1 aromatic carbocycles. The predicted molar refractivity (Wildman–Crippen MR) is 72.2 cm³/mol. The molecule has 1 fully saturated rings. The summed E-state index contributed by atoms with van der Waals surface area (Å²) in [4.78, 5) is 8.91. The van der Waals surface area contributed by atoms with E-state index < -0.39 is 0 Å². The number of hydrogen-bond acceptors (Lipinski definition) is 4. The number of furan rings is 1. The Labute approximate surface area is 114 Å². The zero-order valence-electron chi connectivity index (χ0n) is 10.1. The van der Waals surface area contributed by atoms with Crippen LogP contribution in [0.3, 0.4) is 0 Å². The van der Waals surface area contributed by atoms with E-state index in [2.05, 4.69) is 9.97 Å². The molecular formula is C14H11ClN2O2. The van der Waals surface area contributed by atoms with Crippen LogP contribution in [0.1, 0.15) is 24.8 Å². The molecule has 0 bridgehead atoms. The fraction of sp³-hybridized carbons (Fsp3) is 0.286. The fourth-order valence-corrected chi connectivity index (χ4v) is 2.71. The number of para-hydroxylation sites is 1. The van der Waals surface area contributed by atoms with Crippen molar-refractivity contribution in [3.05, 3.63) is 35.2 Å². The number of nitrogens with zero attached hydrogens (tertiary/aromatic N) is 2. The topological polar surface area (TPSA) is 48.2 Å². The highest BCUT2D eigenvalue weighted by Gasteiger charge is 2.23. The Morgan fingerprint density at radius 2 is 2.11 bits per heavy atom. The summed E-state index contributed by atoms with van der Waals surface area (Å²) in [5, 5.41) is 1.31. The lowest BCUT2D eigenvalue weighted by molar-refractivity contribution is 0.105. The first kappa shape index (κ1) is 11.2. The monoisotopic (exact) mass is 274 g/mol. The molecule has 0 unspecified atom stereocenters. The highest BCUT2D eigenvalue weighted by Crippen LogP contribution is 2.34. The molecule has 0 spiro atoms. The number of benzene rings is 1. The molecule has 1 atom stereocenters. The maximum absolute atomic E-state index is 6.21. The summed E-state index contributed by atoms with van der Waals surface area (Å²) in [6.45, 7) is 0.760. The third-order valence-electron chi connectivity index (χ3n) is 3.41. The average molecular weight is 275 g/mol. The molecule has 3 heterocycles. The Bertz CT molecular complexity index is 763. The number of fused-ring (bicyclic) bond motifs is 3. The van der Waals surface area contributed by atoms with Crippen molar-refractivity contribution < 1.29 is 9.15 Å². The molecule has 1 aliphatic rings. The van der Waals surface area contributed by atoms with Gasteiger partial charge in [0, 0.05) is 12.0 Å². The van der Waals surface area contributed by atoms with Crippen LogP contribution >= 0.6 is 11.6 Å². The van der Waals surface area contributed by atoms with Gasteiger partial charge < -0.3 is 9.15 Å². The zero-order chi connectivity index (χ0) is 12.8. The van der Waals surface area contributed by atoms with Gasteiger partial charge in [-0.3, -0.25) is 0 Å². The Hall–Kier alpha value is -1.65. The van der Waals surface area contributed by atoms with E-state index in [1.165, 1.54) is 0 Å². The minimum atomic E-state index is -0.0458. The van der Waals surface area contributed by atoms with Crippen molar-refractivity contribution in [2.75, 3.05) is 6.61 Å². The third-order valence-corrected chi connectivity index (χ3v) is 3.67. The third kappa shape index (κ3) is 1.71. The second-order valence-corrected chi connectivity index (χ2v) is 5.01. The highest BCUT2D eigenvalue weighted by molar-refractivity contribution is 6.34. The van der Waals surface area contributed by atoms with E-state index in [4.69, 9.17) is 20.8 Å². The smallest absolute Gasteiger partial charge is 0.191 e. The van der Waals surface area contributed by atoms with Crippen molar-refractivity contribution in [1.29, 1.82) is 0 Å². The van der Waals surface area contributed by atoms with Crippen molar-refractivity contribution in [1.82, 2.24) is 9.97 Å². The van der Waals surface area contributed by atoms with E-state index in [0.29, 0.717) is 16.6 Å². The number of aromatic nitrogens is 2. The average Bonchev–Trinajstić information content (AvgIpc) is 3.06. The van der Waals surface area contributed by atoms with Crippen molar-refractivity contribution in [2.45, 2.75) is 18.9 Å². The van der Waals surface area contributed by atoms with Crippen LogP contribution in [0.25, 0.3) is 22.1 Å². The van der Waals surface area contributed by atoms with Gasteiger partial charge in [-0.25, -0.2) is 9.97 Å². The van der Waals surface area contributed by atoms with Gasteiger partial charge in [-0.05, 0) is 25.0 Å². The van der Waals surface area contributed by atoms with Gasteiger partial charge in [0.1, 0.15) is 17.2 Å². The lowest BCUT2D eigenvalue weighted by atomic mass is 10.2. The predicted octanol–water partition coefficient (Wildman–Crippen LogP) is 3.88. The van der Waals surface area contributed by atoms with Gasteiger partial charge in [-0.15, -0.1) is 0 Å². The molecule has 19 heavy (non-hydrogen) atoms. The molecule has 0 N–H and O–H groups in total. The second-order valence-electron chi connectivity index (χ2n) is 4.65. The molecule has 5 heteroatoms. The summed E-state index contributed by atoms with van der Waals surface area (Å²) in [5.74, 6) is 0.654. The largest absolute Gasteiger partial charge is 0.451 e. The molecular weight excluding hydrogens is 264 g/mol. The minimum Gasteiger partial charge on any atom is -0.451 e. The number of hydrogen-bond donors (Lipinski definition) is 0. The van der Waals surface area contributed by atoms with E-state index in [-0.39, 0.29) is 6.10 Å². The van der Waals surface area contributed by atoms with Crippen molar-refractivity contribution in [3.8, 4) is 0 Å². The van der Waals surface area contributed by atoms with Crippen molar-refractivity contribution >= 4 is 33.7 Å². The summed E-state index contributed by atoms with van der Waals surface area (Å²) in [7, 11) is 0. The van der Waals surface area contributed by atoms with Crippen LogP contribution in [0.5, 0.6) is 0 Å². The first-order valence-corrected chi connectivity index (χ1v) is 6.67. The molecule has 4 nitrogen and oxygen atoms in total. The summed E-state index contributed by atoms with van der Waals surface area (Å²) >= 11 is 6.21. The van der Waals surface area contributed by atoms with Crippen LogP contribution in [-0.2, 0) is 4.74 Å². The van der Waals surface area contributed by atoms with Crippen LogP contribution in [0.4, 0.5) is 0 Å². The molecule has 1 saturated heterocycles. The first-order chi connectivity index (χ1) is 9.33. The van der Waals surface area contributed by atoms with E-state index in [1.54, 1.807) is 0 Å². The normalized spacial score (nSPS) is 19.5. The first-order valence-electron chi connectivity index (χ1n) is 6.29. The molecule has 96 valence electrons. The lowest BCUT2D eigenvalue weighted by Gasteiger charge is -2.07. The fourth-order valence-electron chi connectivity index (χ4n) is 2.50. The van der Waals surface area contributed by atoms with Crippen LogP contribution in [-0.4, -0.2) is 16.6 Å². The molecule has 0 amide bonds. The Balaban J connectivity index is 2.00. The second kappa shape index (κ2) is 4.18. The summed E-state index contributed by atoms with van der Waals surface area (Å²) < 4.78 is 11.3. The molecule has 0 radical (unpaired) electrons. The standard InChI is InChI=1S/C14H11ClN2O2/c15-13-12-11(8-4-1-2-5-9(8)19-12)16-14(17-13)10-6-3-7-18-10/h1-2,4-5,10H,3,6-7H2/t10-/m0/s1. The molecule has 3 aromatic rings. The van der Waals surface area contributed by atoms with Gasteiger partial charge in [0.15, 0.2) is 16.6 Å². The van der Waals surface area contributed by atoms with Crippen molar-refractivity contribution in [3.63, 3.8) is 0 Å². The summed E-state index contributed by atoms with van der Waals surface area (Å²) in [6, 6.07) is 7.76. The van der Waals surface area contributed by atoms with Gasteiger partial charge in [0.25, 0.3) is 0 Å². The van der Waals surface area contributed by atoms with E-state index in [9.17, 15) is 0 Å². The summed E-state index contributed by atoms with van der Waals surface area (Å²) in [5.41, 5.74) is 2.09. The molecule has 4 rings (SSSR count). The van der Waals surface area contributed by atoms with Crippen LogP contribution in [0.2, 0.25) is 5.15 Å². The summed E-state index contributed by atoms with van der Waals surface area (Å²) in [6.07, 6.45) is 1.93. The quantitative estimate of drug-likeness (QED) is 0.632.